The molecule has 1 aliphatic heterocycles. The monoisotopic (exact) mass is 345 g/mol. The van der Waals surface area contributed by atoms with Crippen LogP contribution in [0.5, 0.6) is 0 Å². The number of hydrogen-bond donors (Lipinski definition) is 1. The molecule has 0 saturated carbocycles. The third kappa shape index (κ3) is 4.90. The Morgan fingerprint density at radius 3 is 1.59 bits per heavy atom. The first-order valence-electron chi connectivity index (χ1n) is 8.74. The Kier molecular flexibility index (Phi) is 6.17. The lowest BCUT2D eigenvalue weighted by molar-refractivity contribution is 0.0156. The van der Waals surface area contributed by atoms with Crippen LogP contribution in [0, 0.1) is 0 Å². The van der Waals surface area contributed by atoms with Crippen LogP contribution >= 0.6 is 0 Å². The summed E-state index contributed by atoms with van der Waals surface area (Å²) in [6.07, 6.45) is 1.51. The van der Waals surface area contributed by atoms with Gasteiger partial charge in [0.05, 0.1) is 12.2 Å². The molecule has 132 valence electrons. The molecule has 0 aliphatic carbocycles. The molecule has 1 saturated heterocycles. The second-order valence-corrected chi connectivity index (χ2v) is 19.3. The van der Waals surface area contributed by atoms with Gasteiger partial charge < -0.3 is 14.2 Å². The Bertz CT molecular complexity index is 334. The second-order valence-electron chi connectivity index (χ2n) is 9.83. The molecular formula is C17H39NO2Si2. The summed E-state index contributed by atoms with van der Waals surface area (Å²) < 4.78 is 13.4. The number of hydrogen-bond acceptors (Lipinski definition) is 3. The van der Waals surface area contributed by atoms with E-state index in [0.717, 1.165) is 19.5 Å². The van der Waals surface area contributed by atoms with Crippen molar-refractivity contribution in [2.24, 2.45) is 0 Å². The van der Waals surface area contributed by atoms with Gasteiger partial charge in [-0.05, 0) is 49.2 Å². The summed E-state index contributed by atoms with van der Waals surface area (Å²) in [5.74, 6) is 0. The zero-order chi connectivity index (χ0) is 17.4. The minimum Gasteiger partial charge on any atom is -0.411 e. The molecule has 0 aromatic heterocycles. The van der Waals surface area contributed by atoms with Gasteiger partial charge in [0.15, 0.2) is 16.6 Å². The van der Waals surface area contributed by atoms with Crippen LogP contribution < -0.4 is 5.32 Å². The van der Waals surface area contributed by atoms with Gasteiger partial charge in [-0.15, -0.1) is 0 Å². The molecule has 22 heavy (non-hydrogen) atoms. The van der Waals surface area contributed by atoms with E-state index in [-0.39, 0.29) is 22.3 Å². The average molecular weight is 346 g/mol. The van der Waals surface area contributed by atoms with Crippen LogP contribution in [0.4, 0.5) is 0 Å². The maximum atomic E-state index is 6.71. The highest BCUT2D eigenvalue weighted by molar-refractivity contribution is 6.74. The lowest BCUT2D eigenvalue weighted by Crippen LogP contribution is -2.57. The summed E-state index contributed by atoms with van der Waals surface area (Å²) in [6.45, 7) is 25.2. The van der Waals surface area contributed by atoms with Gasteiger partial charge >= 0.3 is 0 Å². The van der Waals surface area contributed by atoms with Crippen LogP contribution in [-0.2, 0) is 8.85 Å². The van der Waals surface area contributed by atoms with E-state index in [0.29, 0.717) is 0 Å². The van der Waals surface area contributed by atoms with Gasteiger partial charge in [-0.1, -0.05) is 41.5 Å². The van der Waals surface area contributed by atoms with Crippen molar-refractivity contribution in [1.29, 1.82) is 0 Å². The lowest BCUT2D eigenvalue weighted by atomic mass is 10.1. The average Bonchev–Trinajstić information content (AvgIpc) is 2.28. The molecule has 1 rings (SSSR count). The van der Waals surface area contributed by atoms with E-state index in [2.05, 4.69) is 73.0 Å². The van der Waals surface area contributed by atoms with E-state index in [1.165, 1.54) is 0 Å². The zero-order valence-electron chi connectivity index (χ0n) is 16.6. The highest BCUT2D eigenvalue weighted by Crippen LogP contribution is 2.41. The van der Waals surface area contributed by atoms with Crippen molar-refractivity contribution in [3.05, 3.63) is 0 Å². The van der Waals surface area contributed by atoms with Gasteiger partial charge in [-0.3, -0.25) is 0 Å². The predicted octanol–water partition coefficient (Wildman–Crippen LogP) is 4.76. The molecule has 1 fully saturated rings. The minimum atomic E-state index is -1.76. The van der Waals surface area contributed by atoms with Gasteiger partial charge in [-0.2, -0.15) is 0 Å². The molecule has 1 aliphatic rings. The minimum absolute atomic E-state index is 0.198. The van der Waals surface area contributed by atoms with Crippen molar-refractivity contribution >= 4 is 16.6 Å². The molecule has 0 radical (unpaired) electrons. The first kappa shape index (κ1) is 20.4. The molecule has 1 N–H and O–H groups in total. The molecule has 2 atom stereocenters. The Hall–Kier alpha value is 0.314. The standard InChI is InChI=1S/C17H39NO2Si2/c1-16(2,3)21(7,8)19-14-11-12-18-13-15(14)20-22(9,10)17(4,5)6/h14-15,18H,11-13H2,1-10H3/t14-,15-/m1/s1. The van der Waals surface area contributed by atoms with E-state index in [9.17, 15) is 0 Å². The Morgan fingerprint density at radius 2 is 1.18 bits per heavy atom. The highest BCUT2D eigenvalue weighted by Gasteiger charge is 2.45. The zero-order valence-corrected chi connectivity index (χ0v) is 18.6. The fourth-order valence-electron chi connectivity index (χ4n) is 2.17. The van der Waals surface area contributed by atoms with Crippen molar-refractivity contribution in [3.63, 3.8) is 0 Å². The van der Waals surface area contributed by atoms with Crippen LogP contribution in [-0.4, -0.2) is 41.9 Å². The van der Waals surface area contributed by atoms with Crippen LogP contribution in [0.3, 0.4) is 0 Å². The van der Waals surface area contributed by atoms with E-state index >= 15 is 0 Å². The molecule has 1 heterocycles. The molecule has 0 unspecified atom stereocenters. The SMILES string of the molecule is CC(C)(C)[Si](C)(C)O[C@@H]1CCNC[C@H]1O[Si](C)(C)C(C)(C)C. The smallest absolute Gasteiger partial charge is 0.192 e. The summed E-state index contributed by atoms with van der Waals surface area (Å²) in [5.41, 5.74) is 0. The summed E-state index contributed by atoms with van der Waals surface area (Å²) in [7, 11) is -3.51. The van der Waals surface area contributed by atoms with E-state index in [1.54, 1.807) is 0 Å². The van der Waals surface area contributed by atoms with Crippen molar-refractivity contribution < 1.29 is 8.85 Å². The van der Waals surface area contributed by atoms with Crippen LogP contribution in [0.25, 0.3) is 0 Å². The molecule has 0 aromatic carbocycles. The number of rotatable bonds is 4. The Morgan fingerprint density at radius 1 is 0.773 bits per heavy atom. The number of piperidine rings is 1. The molecular weight excluding hydrogens is 306 g/mol. The van der Waals surface area contributed by atoms with E-state index < -0.39 is 16.6 Å². The Labute approximate surface area is 140 Å². The van der Waals surface area contributed by atoms with Crippen molar-refractivity contribution in [2.45, 2.75) is 96.4 Å². The van der Waals surface area contributed by atoms with Gasteiger partial charge in [0, 0.05) is 6.54 Å². The summed E-state index contributed by atoms with van der Waals surface area (Å²) in [6, 6.07) is 0. The third-order valence-electron chi connectivity index (χ3n) is 5.87. The van der Waals surface area contributed by atoms with Crippen LogP contribution in [0.2, 0.25) is 36.3 Å². The van der Waals surface area contributed by atoms with Crippen LogP contribution in [0.15, 0.2) is 0 Å². The number of nitrogens with one attached hydrogen (secondary N) is 1. The van der Waals surface area contributed by atoms with E-state index in [1.807, 2.05) is 0 Å². The summed E-state index contributed by atoms with van der Waals surface area (Å²) in [4.78, 5) is 0. The predicted molar refractivity (Wildman–Crippen MR) is 102 cm³/mol. The summed E-state index contributed by atoms with van der Waals surface area (Å²) >= 11 is 0. The summed E-state index contributed by atoms with van der Waals surface area (Å²) in [5, 5.41) is 3.99. The molecule has 0 bridgehead atoms. The first-order valence-corrected chi connectivity index (χ1v) is 14.6. The fourth-order valence-corrected chi connectivity index (χ4v) is 4.89. The Balaban J connectivity index is 2.85. The van der Waals surface area contributed by atoms with Crippen molar-refractivity contribution in [2.75, 3.05) is 13.1 Å². The molecule has 0 aromatic rings. The molecule has 0 amide bonds. The molecule has 3 nitrogen and oxygen atoms in total. The van der Waals surface area contributed by atoms with Crippen molar-refractivity contribution in [3.8, 4) is 0 Å². The maximum Gasteiger partial charge on any atom is 0.192 e. The van der Waals surface area contributed by atoms with Crippen molar-refractivity contribution in [1.82, 2.24) is 5.32 Å². The third-order valence-corrected chi connectivity index (χ3v) is 14.9. The lowest BCUT2D eigenvalue weighted by Gasteiger charge is -2.46. The molecule has 5 heteroatoms. The highest BCUT2D eigenvalue weighted by atomic mass is 28.4. The first-order chi connectivity index (χ1) is 9.67. The normalized spacial score (nSPS) is 25.4. The second kappa shape index (κ2) is 6.67. The fraction of sp³-hybridized carbons (Fsp3) is 1.00. The largest absolute Gasteiger partial charge is 0.411 e. The van der Waals surface area contributed by atoms with Gasteiger partial charge in [-0.25, -0.2) is 0 Å². The topological polar surface area (TPSA) is 30.5 Å². The quantitative estimate of drug-likeness (QED) is 0.745. The maximum absolute atomic E-state index is 6.71. The molecule has 0 spiro atoms. The van der Waals surface area contributed by atoms with E-state index in [4.69, 9.17) is 8.85 Å². The van der Waals surface area contributed by atoms with Gasteiger partial charge in [0.25, 0.3) is 0 Å². The van der Waals surface area contributed by atoms with Crippen LogP contribution in [0.1, 0.15) is 48.0 Å². The van der Waals surface area contributed by atoms with Gasteiger partial charge in [0.1, 0.15) is 0 Å². The van der Waals surface area contributed by atoms with Gasteiger partial charge in [0.2, 0.25) is 0 Å².